The molecule has 1 aromatic heterocycles. The monoisotopic (exact) mass is 511 g/mol. The van der Waals surface area contributed by atoms with Crippen molar-refractivity contribution in [1.29, 1.82) is 5.26 Å². The highest BCUT2D eigenvalue weighted by molar-refractivity contribution is 5.77. The lowest BCUT2D eigenvalue weighted by molar-refractivity contribution is -0.137. The van der Waals surface area contributed by atoms with Crippen LogP contribution >= 0.6 is 0 Å². The summed E-state index contributed by atoms with van der Waals surface area (Å²) in [6.07, 6.45) is 3.84. The van der Waals surface area contributed by atoms with Gasteiger partial charge in [0.25, 0.3) is 0 Å². The summed E-state index contributed by atoms with van der Waals surface area (Å²) >= 11 is 0. The number of nitrogens with one attached hydrogen (secondary N) is 1. The Labute approximate surface area is 224 Å². The van der Waals surface area contributed by atoms with Crippen LogP contribution in [0.5, 0.6) is 11.5 Å². The molecule has 0 saturated heterocycles. The minimum absolute atomic E-state index is 0.119. The Hall–Kier alpha value is -4.41. The number of carboxylic acid groups (broad SMARTS) is 1. The molecule has 2 aromatic carbocycles. The van der Waals surface area contributed by atoms with Crippen molar-refractivity contribution in [2.24, 2.45) is 0 Å². The molecule has 0 spiro atoms. The maximum absolute atomic E-state index is 10.8. The predicted octanol–water partition coefficient (Wildman–Crippen LogP) is 5.92. The van der Waals surface area contributed by atoms with Crippen LogP contribution in [0.3, 0.4) is 0 Å². The van der Waals surface area contributed by atoms with Crippen molar-refractivity contribution in [2.45, 2.75) is 39.8 Å². The summed E-state index contributed by atoms with van der Waals surface area (Å²) in [4.78, 5) is 14.8. The van der Waals surface area contributed by atoms with Gasteiger partial charge in [-0.05, 0) is 61.2 Å². The minimum atomic E-state index is -0.808. The number of aliphatic carboxylic acids is 1. The highest BCUT2D eigenvalue weighted by Crippen LogP contribution is 2.28. The number of allylic oxidation sites excluding steroid dienone is 2. The van der Waals surface area contributed by atoms with Crippen molar-refractivity contribution >= 4 is 11.5 Å². The number of carbonyl (C=O) groups is 1. The molecule has 0 unspecified atom stereocenters. The van der Waals surface area contributed by atoms with Gasteiger partial charge in [-0.2, -0.15) is 5.26 Å². The van der Waals surface area contributed by atoms with E-state index in [-0.39, 0.29) is 13.0 Å². The molecule has 3 aromatic rings. The molecule has 0 aliphatic carbocycles. The smallest absolute Gasteiger partial charge is 0.303 e. The number of hydrogen-bond acceptors (Lipinski definition) is 6. The molecule has 2 N–H and O–H groups in total. The van der Waals surface area contributed by atoms with E-state index in [1.54, 1.807) is 12.3 Å². The molecule has 0 aliphatic rings. The summed E-state index contributed by atoms with van der Waals surface area (Å²) in [7, 11) is 0. The zero-order valence-corrected chi connectivity index (χ0v) is 21.9. The zero-order valence-electron chi connectivity index (χ0n) is 21.9. The van der Waals surface area contributed by atoms with Gasteiger partial charge in [0, 0.05) is 42.6 Å². The molecule has 1 heterocycles. The maximum atomic E-state index is 10.8. The number of aromatic nitrogens is 1. The first-order chi connectivity index (χ1) is 18.4. The van der Waals surface area contributed by atoms with Crippen LogP contribution in [-0.4, -0.2) is 29.2 Å². The molecule has 7 nitrogen and oxygen atoms in total. The second kappa shape index (κ2) is 14.4. The lowest BCUT2D eigenvalue weighted by atomic mass is 9.97. The van der Waals surface area contributed by atoms with Crippen molar-refractivity contribution in [2.75, 3.05) is 13.2 Å². The van der Waals surface area contributed by atoms with E-state index in [4.69, 9.17) is 19.8 Å². The highest BCUT2D eigenvalue weighted by atomic mass is 16.5. The van der Waals surface area contributed by atoms with E-state index in [0.717, 1.165) is 33.4 Å². The van der Waals surface area contributed by atoms with Gasteiger partial charge in [-0.3, -0.25) is 9.78 Å². The standard InChI is InChI=1S/C31H33N3O4/c1-22(23(2)24(3)27-8-5-4-6-9-27)20-37-29-12-11-28(19-33-13-7-10-31(35)36)30(15-29)38-21-26-14-25(16-32)17-34-18-26/h4-6,8-9,11-12,14-15,17-18,33H,3,7,10,13,19-21H2,1-2H3,(H,35,36). The summed E-state index contributed by atoms with van der Waals surface area (Å²) < 4.78 is 12.2. The molecule has 0 saturated carbocycles. The molecule has 0 amide bonds. The Morgan fingerprint density at radius 3 is 2.63 bits per heavy atom. The zero-order chi connectivity index (χ0) is 27.3. The first kappa shape index (κ1) is 28.2. The van der Waals surface area contributed by atoms with Crippen molar-refractivity contribution in [3.05, 3.63) is 107 Å². The van der Waals surface area contributed by atoms with E-state index >= 15 is 0 Å². The van der Waals surface area contributed by atoms with Gasteiger partial charge < -0.3 is 19.9 Å². The van der Waals surface area contributed by atoms with Crippen LogP contribution in [-0.2, 0) is 17.9 Å². The molecular formula is C31H33N3O4. The number of ether oxygens (including phenoxy) is 2. The summed E-state index contributed by atoms with van der Waals surface area (Å²) in [6.45, 7) is 10.1. The van der Waals surface area contributed by atoms with Gasteiger partial charge in [0.05, 0.1) is 5.56 Å². The molecule has 38 heavy (non-hydrogen) atoms. The molecule has 0 radical (unpaired) electrons. The molecule has 7 heteroatoms. The van der Waals surface area contributed by atoms with Crippen LogP contribution in [0.25, 0.3) is 5.57 Å². The number of hydrogen-bond donors (Lipinski definition) is 2. The fourth-order valence-electron chi connectivity index (χ4n) is 3.69. The second-order valence-corrected chi connectivity index (χ2v) is 8.96. The van der Waals surface area contributed by atoms with Gasteiger partial charge in [-0.25, -0.2) is 0 Å². The van der Waals surface area contributed by atoms with Gasteiger partial charge in [0.15, 0.2) is 0 Å². The van der Waals surface area contributed by atoms with E-state index in [0.29, 0.717) is 43.2 Å². The van der Waals surface area contributed by atoms with Crippen molar-refractivity contribution in [3.63, 3.8) is 0 Å². The average molecular weight is 512 g/mol. The molecule has 0 aliphatic heterocycles. The normalized spacial score (nSPS) is 11.3. The number of nitrogens with zero attached hydrogens (tertiary/aromatic N) is 2. The molecule has 0 bridgehead atoms. The first-order valence-electron chi connectivity index (χ1n) is 12.4. The molecule has 196 valence electrons. The van der Waals surface area contributed by atoms with Crippen molar-refractivity contribution < 1.29 is 19.4 Å². The number of nitriles is 1. The average Bonchev–Trinajstić information content (AvgIpc) is 2.94. The molecule has 0 atom stereocenters. The fourth-order valence-corrected chi connectivity index (χ4v) is 3.69. The number of rotatable bonds is 14. The summed E-state index contributed by atoms with van der Waals surface area (Å²) in [5.41, 5.74) is 6.37. The van der Waals surface area contributed by atoms with Crippen LogP contribution in [0.2, 0.25) is 0 Å². The van der Waals surface area contributed by atoms with Crippen LogP contribution in [0.15, 0.2) is 84.7 Å². The SMILES string of the molecule is C=C(C(C)=C(C)COc1ccc(CNCCCC(=O)O)c(OCc2cncc(C#N)c2)c1)c1ccccc1. The third-order valence-corrected chi connectivity index (χ3v) is 6.09. The molecular weight excluding hydrogens is 478 g/mol. The quantitative estimate of drug-likeness (QED) is 0.205. The lowest BCUT2D eigenvalue weighted by Gasteiger charge is -2.16. The largest absolute Gasteiger partial charge is 0.489 e. The van der Waals surface area contributed by atoms with Crippen LogP contribution < -0.4 is 14.8 Å². The maximum Gasteiger partial charge on any atom is 0.303 e. The van der Waals surface area contributed by atoms with Crippen molar-refractivity contribution in [1.82, 2.24) is 10.3 Å². The summed E-state index contributed by atoms with van der Waals surface area (Å²) in [6, 6.07) is 19.6. The van der Waals surface area contributed by atoms with Crippen LogP contribution in [0, 0.1) is 11.3 Å². The van der Waals surface area contributed by atoms with Gasteiger partial charge >= 0.3 is 5.97 Å². The lowest BCUT2D eigenvalue weighted by Crippen LogP contribution is -2.16. The van der Waals surface area contributed by atoms with Crippen LogP contribution in [0.4, 0.5) is 0 Å². The van der Waals surface area contributed by atoms with Gasteiger partial charge in [0.1, 0.15) is 30.8 Å². The third kappa shape index (κ3) is 8.61. The Morgan fingerprint density at radius 2 is 1.89 bits per heavy atom. The first-order valence-corrected chi connectivity index (χ1v) is 12.4. The number of benzene rings is 2. The number of carboxylic acids is 1. The van der Waals surface area contributed by atoms with Gasteiger partial charge in [0.2, 0.25) is 0 Å². The van der Waals surface area contributed by atoms with E-state index in [1.807, 2.05) is 62.4 Å². The van der Waals surface area contributed by atoms with E-state index in [2.05, 4.69) is 22.9 Å². The minimum Gasteiger partial charge on any atom is -0.489 e. The van der Waals surface area contributed by atoms with E-state index < -0.39 is 5.97 Å². The van der Waals surface area contributed by atoms with Gasteiger partial charge in [-0.15, -0.1) is 0 Å². The molecule has 0 fully saturated rings. The topological polar surface area (TPSA) is 104 Å². The highest BCUT2D eigenvalue weighted by Gasteiger charge is 2.10. The van der Waals surface area contributed by atoms with E-state index in [9.17, 15) is 4.79 Å². The summed E-state index contributed by atoms with van der Waals surface area (Å²) in [5, 5.41) is 21.3. The number of pyridine rings is 1. The summed E-state index contributed by atoms with van der Waals surface area (Å²) in [5.74, 6) is 0.496. The fraction of sp³-hybridized carbons (Fsp3) is 0.258. The van der Waals surface area contributed by atoms with Crippen LogP contribution in [0.1, 0.15) is 48.9 Å². The molecule has 3 rings (SSSR count). The van der Waals surface area contributed by atoms with E-state index in [1.165, 1.54) is 6.20 Å². The Bertz CT molecular complexity index is 1330. The van der Waals surface area contributed by atoms with Gasteiger partial charge in [-0.1, -0.05) is 43.0 Å². The third-order valence-electron chi connectivity index (χ3n) is 6.09. The Kier molecular flexibility index (Phi) is 10.6. The van der Waals surface area contributed by atoms with Crippen molar-refractivity contribution in [3.8, 4) is 17.6 Å². The predicted molar refractivity (Wildman–Crippen MR) is 148 cm³/mol. The Morgan fingerprint density at radius 1 is 1.11 bits per heavy atom. The second-order valence-electron chi connectivity index (χ2n) is 8.96. The Balaban J connectivity index is 1.71.